The average Bonchev–Trinajstić information content (AvgIpc) is 2.98. The molecule has 0 radical (unpaired) electrons. The Hall–Kier alpha value is -2.19. The molecule has 0 atom stereocenters. The molecule has 2 N–H and O–H groups in total. The Morgan fingerprint density at radius 2 is 1.92 bits per heavy atom. The van der Waals surface area contributed by atoms with Crippen LogP contribution < -0.4 is 5.32 Å². The van der Waals surface area contributed by atoms with E-state index in [2.05, 4.69) is 15.5 Å². The van der Waals surface area contributed by atoms with Crippen LogP contribution in [0.4, 0.5) is 0 Å². The monoisotopic (exact) mass is 378 g/mol. The van der Waals surface area contributed by atoms with Gasteiger partial charge in [-0.2, -0.15) is 5.10 Å². The lowest BCUT2D eigenvalue weighted by Crippen LogP contribution is -2.27. The highest BCUT2D eigenvalue weighted by Crippen LogP contribution is 2.23. The normalized spacial score (nSPS) is 11.8. The van der Waals surface area contributed by atoms with Crippen molar-refractivity contribution in [2.24, 2.45) is 0 Å². The quantitative estimate of drug-likeness (QED) is 0.720. The Labute approximate surface area is 154 Å². The molecule has 0 aliphatic carbocycles. The van der Waals surface area contributed by atoms with Crippen molar-refractivity contribution < 1.29 is 13.2 Å². The number of aryl methyl sites for hydroxylation is 3. The highest BCUT2D eigenvalue weighted by Gasteiger charge is 2.22. The van der Waals surface area contributed by atoms with Crippen LogP contribution in [-0.2, 0) is 16.4 Å². The topological polar surface area (TPSA) is 95.2 Å². The first kappa shape index (κ1) is 20.1. The number of hydrogen-bond donors (Lipinski definition) is 2. The Balaban J connectivity index is 2.09. The summed E-state index contributed by atoms with van der Waals surface area (Å²) in [6, 6.07) is 3.17. The van der Waals surface area contributed by atoms with Gasteiger partial charge in [-0.05, 0) is 62.4 Å². The second-order valence-electron chi connectivity index (χ2n) is 6.58. The third-order valence-electron chi connectivity index (χ3n) is 4.48. The van der Waals surface area contributed by atoms with Crippen LogP contribution in [0.1, 0.15) is 39.2 Å². The number of rotatable bonds is 7. The molecule has 1 aromatic carbocycles. The molecule has 0 bridgehead atoms. The highest BCUT2D eigenvalue weighted by molar-refractivity contribution is 7.89. The van der Waals surface area contributed by atoms with Crippen LogP contribution in [0, 0.1) is 20.8 Å². The lowest BCUT2D eigenvalue weighted by Gasteiger charge is -2.16. The van der Waals surface area contributed by atoms with Crippen molar-refractivity contribution in [1.82, 2.24) is 19.8 Å². The molecule has 0 saturated carbocycles. The van der Waals surface area contributed by atoms with Crippen molar-refractivity contribution in [3.63, 3.8) is 0 Å². The number of nitrogens with one attached hydrogen (secondary N) is 2. The molecule has 0 unspecified atom stereocenters. The van der Waals surface area contributed by atoms with Crippen molar-refractivity contribution in [3.05, 3.63) is 46.3 Å². The number of carbonyl (C=O) groups excluding carboxylic acids is 1. The zero-order valence-corrected chi connectivity index (χ0v) is 16.7. The van der Waals surface area contributed by atoms with E-state index in [-0.39, 0.29) is 10.8 Å². The Bertz CT molecular complexity index is 901. The molecule has 142 valence electrons. The molecule has 0 saturated heterocycles. The first-order valence-corrected chi connectivity index (χ1v) is 9.89. The molecule has 26 heavy (non-hydrogen) atoms. The van der Waals surface area contributed by atoms with E-state index < -0.39 is 10.0 Å². The van der Waals surface area contributed by atoms with Crippen LogP contribution in [0.2, 0.25) is 0 Å². The molecule has 1 amide bonds. The number of H-pyrrole nitrogens is 1. The minimum absolute atomic E-state index is 0.168. The van der Waals surface area contributed by atoms with Crippen LogP contribution in [0.15, 0.2) is 23.2 Å². The Kier molecular flexibility index (Phi) is 6.20. The maximum absolute atomic E-state index is 12.5. The van der Waals surface area contributed by atoms with Gasteiger partial charge in [0.2, 0.25) is 10.0 Å². The van der Waals surface area contributed by atoms with Crippen LogP contribution in [0.25, 0.3) is 0 Å². The van der Waals surface area contributed by atoms with Gasteiger partial charge in [0.25, 0.3) is 5.91 Å². The summed E-state index contributed by atoms with van der Waals surface area (Å²) in [6.45, 7) is 6.03. The van der Waals surface area contributed by atoms with E-state index >= 15 is 0 Å². The number of benzene rings is 1. The summed E-state index contributed by atoms with van der Waals surface area (Å²) in [4.78, 5) is 12.6. The summed E-state index contributed by atoms with van der Waals surface area (Å²) in [6.07, 6.45) is 3.38. The summed E-state index contributed by atoms with van der Waals surface area (Å²) in [5, 5.41) is 9.72. The van der Waals surface area contributed by atoms with E-state index in [9.17, 15) is 13.2 Å². The fourth-order valence-corrected chi connectivity index (χ4v) is 3.85. The first-order valence-electron chi connectivity index (χ1n) is 8.45. The molecule has 2 aromatic rings. The van der Waals surface area contributed by atoms with Gasteiger partial charge in [0.05, 0.1) is 11.1 Å². The standard InChI is InChI=1S/C18H26N4O3S/c1-12-9-16(10-17(13(12)2)26(24,25)22(4)5)18(23)19-8-6-7-15-11-20-21-14(15)3/h9-11H,6-8H2,1-5H3,(H,19,23)(H,20,21). The number of nitrogens with zero attached hydrogens (tertiary/aromatic N) is 2. The second-order valence-corrected chi connectivity index (χ2v) is 8.70. The minimum Gasteiger partial charge on any atom is -0.352 e. The smallest absolute Gasteiger partial charge is 0.251 e. The molecular weight excluding hydrogens is 352 g/mol. The lowest BCUT2D eigenvalue weighted by atomic mass is 10.1. The Morgan fingerprint density at radius 1 is 1.23 bits per heavy atom. The van der Waals surface area contributed by atoms with Crippen LogP contribution in [0.3, 0.4) is 0 Å². The molecule has 2 rings (SSSR count). The van der Waals surface area contributed by atoms with E-state index in [0.29, 0.717) is 17.7 Å². The van der Waals surface area contributed by atoms with Crippen molar-refractivity contribution >= 4 is 15.9 Å². The zero-order chi connectivity index (χ0) is 19.5. The van der Waals surface area contributed by atoms with E-state index in [0.717, 1.165) is 34.0 Å². The van der Waals surface area contributed by atoms with E-state index in [1.54, 1.807) is 19.2 Å². The number of aromatic amines is 1. The van der Waals surface area contributed by atoms with E-state index in [1.165, 1.54) is 20.2 Å². The largest absolute Gasteiger partial charge is 0.352 e. The number of aromatic nitrogens is 2. The number of sulfonamides is 1. The van der Waals surface area contributed by atoms with Gasteiger partial charge in [-0.15, -0.1) is 0 Å². The number of hydrogen-bond acceptors (Lipinski definition) is 4. The molecule has 1 heterocycles. The van der Waals surface area contributed by atoms with Crippen molar-refractivity contribution in [2.75, 3.05) is 20.6 Å². The van der Waals surface area contributed by atoms with Gasteiger partial charge < -0.3 is 5.32 Å². The van der Waals surface area contributed by atoms with Gasteiger partial charge in [-0.1, -0.05) is 0 Å². The van der Waals surface area contributed by atoms with Crippen molar-refractivity contribution in [2.45, 2.75) is 38.5 Å². The third kappa shape index (κ3) is 4.31. The fraction of sp³-hybridized carbons (Fsp3) is 0.444. The third-order valence-corrected chi connectivity index (χ3v) is 6.42. The van der Waals surface area contributed by atoms with E-state index in [1.807, 2.05) is 13.8 Å². The summed E-state index contributed by atoms with van der Waals surface area (Å²) in [7, 11) is -0.641. The molecule has 0 aliphatic rings. The van der Waals surface area contributed by atoms with Gasteiger partial charge in [0.15, 0.2) is 0 Å². The molecule has 0 aliphatic heterocycles. The van der Waals surface area contributed by atoms with Gasteiger partial charge in [0, 0.05) is 31.9 Å². The maximum atomic E-state index is 12.5. The predicted molar refractivity (Wildman–Crippen MR) is 101 cm³/mol. The zero-order valence-electron chi connectivity index (χ0n) is 15.9. The van der Waals surface area contributed by atoms with Crippen molar-refractivity contribution in [3.8, 4) is 0 Å². The fourth-order valence-electron chi connectivity index (χ4n) is 2.63. The van der Waals surface area contributed by atoms with Gasteiger partial charge >= 0.3 is 0 Å². The van der Waals surface area contributed by atoms with Crippen LogP contribution >= 0.6 is 0 Å². The first-order chi connectivity index (χ1) is 12.1. The minimum atomic E-state index is -3.60. The number of amides is 1. The lowest BCUT2D eigenvalue weighted by molar-refractivity contribution is 0.0953. The summed E-state index contributed by atoms with van der Waals surface area (Å²) < 4.78 is 26.1. The Morgan fingerprint density at radius 3 is 2.50 bits per heavy atom. The molecule has 0 fully saturated rings. The molecular formula is C18H26N4O3S. The summed E-state index contributed by atoms with van der Waals surface area (Å²) in [5.41, 5.74) is 3.94. The molecule has 7 nitrogen and oxygen atoms in total. The van der Waals surface area contributed by atoms with E-state index in [4.69, 9.17) is 0 Å². The number of carbonyl (C=O) groups is 1. The highest BCUT2D eigenvalue weighted by atomic mass is 32.2. The summed E-state index contributed by atoms with van der Waals surface area (Å²) >= 11 is 0. The molecule has 1 aromatic heterocycles. The predicted octanol–water partition coefficient (Wildman–Crippen LogP) is 1.95. The van der Waals surface area contributed by atoms with Gasteiger partial charge in [-0.25, -0.2) is 12.7 Å². The van der Waals surface area contributed by atoms with Crippen LogP contribution in [-0.4, -0.2) is 49.5 Å². The average molecular weight is 378 g/mol. The SMILES string of the molecule is Cc1cc(C(=O)NCCCc2cn[nH]c2C)cc(S(=O)(=O)N(C)C)c1C. The van der Waals surface area contributed by atoms with Gasteiger partial charge in [0.1, 0.15) is 0 Å². The second kappa shape index (κ2) is 8.01. The maximum Gasteiger partial charge on any atom is 0.251 e. The molecule has 8 heteroatoms. The van der Waals surface area contributed by atoms with Gasteiger partial charge in [-0.3, -0.25) is 9.89 Å². The van der Waals surface area contributed by atoms with Crippen LogP contribution in [0.5, 0.6) is 0 Å². The summed E-state index contributed by atoms with van der Waals surface area (Å²) in [5.74, 6) is -0.271. The van der Waals surface area contributed by atoms with Crippen molar-refractivity contribution in [1.29, 1.82) is 0 Å². The molecule has 0 spiro atoms.